The van der Waals surface area contributed by atoms with E-state index in [4.69, 9.17) is 18.9 Å². The van der Waals surface area contributed by atoms with Gasteiger partial charge in [-0.25, -0.2) is 0 Å². The van der Waals surface area contributed by atoms with Gasteiger partial charge >= 0.3 is 0 Å². The van der Waals surface area contributed by atoms with E-state index in [2.05, 4.69) is 0 Å². The van der Waals surface area contributed by atoms with Gasteiger partial charge in [0.05, 0.1) is 0 Å². The number of carbonyl (C=O) groups is 2. The van der Waals surface area contributed by atoms with Crippen molar-refractivity contribution in [3.8, 4) is 57.1 Å². The second-order valence-electron chi connectivity index (χ2n) is 12.2. The summed E-state index contributed by atoms with van der Waals surface area (Å²) in [5.74, 6) is 5.32. The van der Waals surface area contributed by atoms with Crippen molar-refractivity contribution in [3.63, 3.8) is 0 Å². The lowest BCUT2D eigenvalue weighted by molar-refractivity contribution is 0.101. The zero-order valence-corrected chi connectivity index (χ0v) is 28.6. The van der Waals surface area contributed by atoms with Gasteiger partial charge in [0, 0.05) is 16.7 Å². The quantitative estimate of drug-likeness (QED) is 0.119. The number of ketones is 2. The smallest absolute Gasteiger partial charge is 0.193 e. The van der Waals surface area contributed by atoms with Crippen molar-refractivity contribution in [1.82, 2.24) is 0 Å². The van der Waals surface area contributed by atoms with Crippen LogP contribution in [0.1, 0.15) is 38.8 Å². The highest BCUT2D eigenvalue weighted by atomic mass is 16.5. The molecule has 7 aromatic carbocycles. The minimum absolute atomic E-state index is 0.00792. The number of ether oxygens (including phenoxy) is 4. The molecule has 0 amide bonds. The molecule has 0 fully saturated rings. The van der Waals surface area contributed by atoms with Crippen molar-refractivity contribution in [3.05, 3.63) is 192 Å². The van der Waals surface area contributed by atoms with Crippen LogP contribution in [-0.2, 0) is 0 Å². The van der Waals surface area contributed by atoms with E-state index in [9.17, 15) is 9.59 Å². The lowest BCUT2D eigenvalue weighted by Crippen LogP contribution is -2.01. The molecular formula is C46H34O6. The first-order valence-corrected chi connectivity index (χ1v) is 16.8. The summed E-state index contributed by atoms with van der Waals surface area (Å²) in [6, 6.07) is 52.2. The number of rotatable bonds is 12. The third-order valence-corrected chi connectivity index (χ3v) is 8.32. The number of hydrogen-bond donors (Lipinski definition) is 0. The lowest BCUT2D eigenvalue weighted by atomic mass is 10.0. The van der Waals surface area contributed by atoms with Crippen molar-refractivity contribution < 1.29 is 28.5 Å². The molecule has 7 rings (SSSR count). The average molecular weight is 683 g/mol. The Labute approximate surface area is 302 Å². The predicted molar refractivity (Wildman–Crippen MR) is 203 cm³/mol. The molecule has 254 valence electrons. The van der Waals surface area contributed by atoms with Crippen LogP contribution in [0.2, 0.25) is 0 Å². The predicted octanol–water partition coefficient (Wildman–Crippen LogP) is 12.3. The topological polar surface area (TPSA) is 71.1 Å². The molecule has 0 aromatic heterocycles. The van der Waals surface area contributed by atoms with Gasteiger partial charge in [-0.15, -0.1) is 0 Å². The maximum Gasteiger partial charge on any atom is 0.193 e. The van der Waals surface area contributed by atoms with Gasteiger partial charge in [-0.05, 0) is 158 Å². The molecule has 0 N–H and O–H groups in total. The molecular weight excluding hydrogens is 649 g/mol. The molecule has 0 heterocycles. The highest BCUT2D eigenvalue weighted by molar-refractivity contribution is 6.09. The molecule has 6 nitrogen and oxygen atoms in total. The maximum absolute atomic E-state index is 13.2. The molecule has 0 saturated carbocycles. The van der Waals surface area contributed by atoms with E-state index < -0.39 is 0 Å². The lowest BCUT2D eigenvalue weighted by Gasteiger charge is -2.10. The molecule has 0 radical (unpaired) electrons. The molecule has 52 heavy (non-hydrogen) atoms. The van der Waals surface area contributed by atoms with Crippen LogP contribution in [0.5, 0.6) is 46.0 Å². The van der Waals surface area contributed by atoms with Crippen LogP contribution in [0.3, 0.4) is 0 Å². The van der Waals surface area contributed by atoms with Crippen LogP contribution in [-0.4, -0.2) is 11.6 Å². The molecule has 0 aliphatic heterocycles. The molecule has 0 aliphatic rings. The Morgan fingerprint density at radius 2 is 0.558 bits per heavy atom. The van der Waals surface area contributed by atoms with Crippen molar-refractivity contribution in [2.45, 2.75) is 13.8 Å². The first-order valence-electron chi connectivity index (χ1n) is 16.8. The SMILES string of the molecule is CC(=O)c1ccc(Oc2ccc(Oc3ccc(C(=O)c4ccc(Oc5ccc(-c6ccc(Oc7ccc(C)cc7)cc6)cc5)cc4)cc3)cc2)cc1. The second kappa shape index (κ2) is 15.3. The van der Waals surface area contributed by atoms with Crippen molar-refractivity contribution in [1.29, 1.82) is 0 Å². The van der Waals surface area contributed by atoms with Crippen molar-refractivity contribution >= 4 is 11.6 Å². The summed E-state index contributed by atoms with van der Waals surface area (Å²) in [4.78, 5) is 24.7. The fraction of sp³-hybridized carbons (Fsp3) is 0.0435. The molecule has 0 bridgehead atoms. The van der Waals surface area contributed by atoms with Crippen LogP contribution < -0.4 is 18.9 Å². The third-order valence-electron chi connectivity index (χ3n) is 8.32. The largest absolute Gasteiger partial charge is 0.457 e. The number of aryl methyl sites for hydroxylation is 1. The molecule has 6 heteroatoms. The van der Waals surface area contributed by atoms with Gasteiger partial charge in [0.15, 0.2) is 11.6 Å². The Balaban J connectivity index is 0.905. The summed E-state index contributed by atoms with van der Waals surface area (Å²) >= 11 is 0. The van der Waals surface area contributed by atoms with Crippen LogP contribution in [0, 0.1) is 6.92 Å². The summed E-state index contributed by atoms with van der Waals surface area (Å²) in [5, 5.41) is 0. The maximum atomic E-state index is 13.2. The summed E-state index contributed by atoms with van der Waals surface area (Å²) in [6.07, 6.45) is 0. The number of carbonyl (C=O) groups excluding carboxylic acids is 2. The highest BCUT2D eigenvalue weighted by Crippen LogP contribution is 2.30. The third kappa shape index (κ3) is 8.44. The summed E-state index contributed by atoms with van der Waals surface area (Å²) in [6.45, 7) is 3.58. The normalized spacial score (nSPS) is 10.7. The summed E-state index contributed by atoms with van der Waals surface area (Å²) in [7, 11) is 0. The second-order valence-corrected chi connectivity index (χ2v) is 12.2. The Kier molecular flexibility index (Phi) is 9.89. The Morgan fingerprint density at radius 1 is 0.327 bits per heavy atom. The van der Waals surface area contributed by atoms with Crippen LogP contribution >= 0.6 is 0 Å². The fourth-order valence-electron chi connectivity index (χ4n) is 5.43. The van der Waals surface area contributed by atoms with Gasteiger partial charge in [0.1, 0.15) is 46.0 Å². The Bertz CT molecular complexity index is 2270. The van der Waals surface area contributed by atoms with Crippen LogP contribution in [0.15, 0.2) is 170 Å². The highest BCUT2D eigenvalue weighted by Gasteiger charge is 2.11. The van der Waals surface area contributed by atoms with Crippen LogP contribution in [0.25, 0.3) is 11.1 Å². The first kappa shape index (κ1) is 33.6. The molecule has 0 saturated heterocycles. The zero-order valence-electron chi connectivity index (χ0n) is 28.6. The zero-order chi connectivity index (χ0) is 35.9. The number of Topliss-reactive ketones (excluding diaryl/α,β-unsaturated/α-hetero) is 1. The first-order chi connectivity index (χ1) is 25.3. The fourth-order valence-corrected chi connectivity index (χ4v) is 5.43. The van der Waals surface area contributed by atoms with Crippen molar-refractivity contribution in [2.75, 3.05) is 0 Å². The van der Waals surface area contributed by atoms with Gasteiger partial charge in [0.25, 0.3) is 0 Å². The van der Waals surface area contributed by atoms with E-state index in [1.54, 1.807) is 97.1 Å². The average Bonchev–Trinajstić information content (AvgIpc) is 3.18. The summed E-state index contributed by atoms with van der Waals surface area (Å²) in [5.41, 5.74) is 5.06. The number of hydrogen-bond acceptors (Lipinski definition) is 6. The van der Waals surface area contributed by atoms with Crippen molar-refractivity contribution in [2.24, 2.45) is 0 Å². The van der Waals surface area contributed by atoms with E-state index >= 15 is 0 Å². The van der Waals surface area contributed by atoms with Gasteiger partial charge in [-0.3, -0.25) is 9.59 Å². The molecule has 0 unspecified atom stereocenters. The van der Waals surface area contributed by atoms with Gasteiger partial charge in [0.2, 0.25) is 0 Å². The standard InChI is InChI=1S/C46H34O6/c1-31-3-15-38(16-4-31)49-40-19-7-34(8-20-40)35-9-21-41(22-10-35)50-42-23-11-36(12-24-42)46(48)37-13-25-43(26-14-37)52-45-29-27-44(28-30-45)51-39-17-5-33(6-18-39)32(2)47/h3-30H,1-2H3. The molecule has 7 aromatic rings. The van der Waals surface area contributed by atoms with Gasteiger partial charge in [-0.1, -0.05) is 42.0 Å². The Morgan fingerprint density at radius 3 is 0.846 bits per heavy atom. The van der Waals surface area contributed by atoms with Gasteiger partial charge in [-0.2, -0.15) is 0 Å². The van der Waals surface area contributed by atoms with E-state index in [0.717, 1.165) is 22.6 Å². The van der Waals surface area contributed by atoms with E-state index in [1.165, 1.54) is 12.5 Å². The van der Waals surface area contributed by atoms with Crippen LogP contribution in [0.4, 0.5) is 0 Å². The monoisotopic (exact) mass is 682 g/mol. The molecule has 0 atom stereocenters. The Hall–Kier alpha value is -6.92. The van der Waals surface area contributed by atoms with E-state index in [0.29, 0.717) is 51.2 Å². The minimum Gasteiger partial charge on any atom is -0.457 e. The van der Waals surface area contributed by atoms with E-state index in [1.807, 2.05) is 79.7 Å². The minimum atomic E-state index is -0.101. The number of benzene rings is 7. The molecule has 0 aliphatic carbocycles. The van der Waals surface area contributed by atoms with E-state index in [-0.39, 0.29) is 11.6 Å². The summed E-state index contributed by atoms with van der Waals surface area (Å²) < 4.78 is 23.8. The molecule has 0 spiro atoms. The van der Waals surface area contributed by atoms with Gasteiger partial charge < -0.3 is 18.9 Å².